The number of carbonyl (C=O) groups excluding carboxylic acids is 1. The highest BCUT2D eigenvalue weighted by Crippen LogP contribution is 2.44. The molecule has 0 unspecified atom stereocenters. The van der Waals surface area contributed by atoms with Gasteiger partial charge in [-0.15, -0.1) is 0 Å². The highest BCUT2D eigenvalue weighted by Gasteiger charge is 2.54. The summed E-state index contributed by atoms with van der Waals surface area (Å²) in [5.41, 5.74) is 2.71. The van der Waals surface area contributed by atoms with Gasteiger partial charge in [-0.1, -0.05) is 36.8 Å². The predicted octanol–water partition coefficient (Wildman–Crippen LogP) is 4.09. The molecule has 234 valence electrons. The van der Waals surface area contributed by atoms with E-state index in [2.05, 4.69) is 5.43 Å². The summed E-state index contributed by atoms with van der Waals surface area (Å²) in [7, 11) is -2.19. The summed E-state index contributed by atoms with van der Waals surface area (Å²) in [6.45, 7) is 1.81. The molecule has 5 rings (SSSR count). The van der Waals surface area contributed by atoms with Gasteiger partial charge in [0.15, 0.2) is 21.5 Å². The van der Waals surface area contributed by atoms with Crippen molar-refractivity contribution in [1.82, 2.24) is 10.4 Å². The summed E-state index contributed by atoms with van der Waals surface area (Å²) in [4.78, 5) is 19.5. The number of ether oxygens (including phenoxy) is 3. The third-order valence-corrected chi connectivity index (χ3v) is 9.63. The molecule has 2 aliphatic rings. The van der Waals surface area contributed by atoms with Crippen molar-refractivity contribution < 1.29 is 32.5 Å². The van der Waals surface area contributed by atoms with E-state index < -0.39 is 27.4 Å². The molecule has 1 fully saturated rings. The lowest BCUT2D eigenvalue weighted by Crippen LogP contribution is -2.55. The second kappa shape index (κ2) is 14.2. The Kier molecular flexibility index (Phi) is 10.2. The number of nitrogens with zero attached hydrogens (tertiary/aromatic N) is 2. The van der Waals surface area contributed by atoms with E-state index in [4.69, 9.17) is 24.3 Å². The standard InChI is InChI=1S/C33H39N3O7S/c1-41-28-11-8-10-26(24-28)30-33(32(38)35-36-19-6-3-7-20-36,18-23-44(39,40)29-12-4-2-5-13-29)34-31(43-30)25-14-16-27(17-15-25)42-22-9-21-37/h2,4-5,8,10-17,24,30,37H,3,6-7,9,18-23H2,1H3,(H,35,38)/t30-,33-/m0/s1. The van der Waals surface area contributed by atoms with Crippen LogP contribution in [0.2, 0.25) is 0 Å². The first-order valence-electron chi connectivity index (χ1n) is 14.9. The monoisotopic (exact) mass is 621 g/mol. The van der Waals surface area contributed by atoms with Gasteiger partial charge in [-0.2, -0.15) is 0 Å². The Bertz CT molecular complexity index is 1540. The van der Waals surface area contributed by atoms with Gasteiger partial charge in [0, 0.05) is 38.1 Å². The summed E-state index contributed by atoms with van der Waals surface area (Å²) < 4.78 is 44.7. The fourth-order valence-electron chi connectivity index (χ4n) is 5.46. The van der Waals surface area contributed by atoms with Crippen molar-refractivity contribution in [2.45, 2.75) is 48.6 Å². The molecule has 0 saturated carbocycles. The second-order valence-electron chi connectivity index (χ2n) is 10.9. The number of hydrogen-bond donors (Lipinski definition) is 2. The molecule has 0 aliphatic carbocycles. The molecule has 3 aromatic carbocycles. The molecule has 2 atom stereocenters. The van der Waals surface area contributed by atoms with Crippen molar-refractivity contribution in [2.24, 2.45) is 4.99 Å². The smallest absolute Gasteiger partial charge is 0.266 e. The molecular weight excluding hydrogens is 582 g/mol. The first-order chi connectivity index (χ1) is 21.3. The minimum Gasteiger partial charge on any atom is -0.497 e. The summed E-state index contributed by atoms with van der Waals surface area (Å²) in [6, 6.07) is 22.6. The van der Waals surface area contributed by atoms with Crippen molar-refractivity contribution in [2.75, 3.05) is 39.2 Å². The van der Waals surface area contributed by atoms with Gasteiger partial charge < -0.3 is 19.3 Å². The molecule has 11 heteroatoms. The van der Waals surface area contributed by atoms with Crippen molar-refractivity contribution in [3.63, 3.8) is 0 Å². The van der Waals surface area contributed by atoms with Crippen LogP contribution in [0.3, 0.4) is 0 Å². The third kappa shape index (κ3) is 7.23. The number of hydrogen-bond acceptors (Lipinski definition) is 9. The second-order valence-corrected chi connectivity index (χ2v) is 13.0. The van der Waals surface area contributed by atoms with Crippen LogP contribution in [0.1, 0.15) is 49.3 Å². The predicted molar refractivity (Wildman–Crippen MR) is 166 cm³/mol. The van der Waals surface area contributed by atoms with Crippen LogP contribution in [0.25, 0.3) is 0 Å². The van der Waals surface area contributed by atoms with Crippen LogP contribution < -0.4 is 14.9 Å². The van der Waals surface area contributed by atoms with E-state index in [1.807, 2.05) is 17.1 Å². The van der Waals surface area contributed by atoms with E-state index in [9.17, 15) is 13.2 Å². The van der Waals surface area contributed by atoms with Crippen molar-refractivity contribution >= 4 is 21.6 Å². The number of aliphatic imine (C=N–C) groups is 1. The molecule has 1 saturated heterocycles. The lowest BCUT2D eigenvalue weighted by molar-refractivity contribution is -0.134. The summed E-state index contributed by atoms with van der Waals surface area (Å²) in [5.74, 6) is 0.683. The Morgan fingerprint density at radius 3 is 2.48 bits per heavy atom. The number of carbonyl (C=O) groups is 1. The van der Waals surface area contributed by atoms with E-state index in [0.29, 0.717) is 48.7 Å². The van der Waals surface area contributed by atoms with Gasteiger partial charge in [-0.3, -0.25) is 10.2 Å². The maximum absolute atomic E-state index is 14.4. The van der Waals surface area contributed by atoms with Gasteiger partial charge >= 0.3 is 0 Å². The molecule has 0 aromatic heterocycles. The molecule has 3 aromatic rings. The number of sulfone groups is 1. The molecule has 1 amide bonds. The van der Waals surface area contributed by atoms with E-state index in [0.717, 1.165) is 19.3 Å². The van der Waals surface area contributed by atoms with E-state index >= 15 is 0 Å². The zero-order valence-electron chi connectivity index (χ0n) is 24.9. The van der Waals surface area contributed by atoms with Crippen LogP contribution in [-0.2, 0) is 19.4 Å². The molecule has 44 heavy (non-hydrogen) atoms. The fraction of sp³-hybridized carbons (Fsp3) is 0.394. The van der Waals surface area contributed by atoms with Gasteiger partial charge in [0.2, 0.25) is 5.90 Å². The van der Waals surface area contributed by atoms with Crippen LogP contribution in [0.15, 0.2) is 88.8 Å². The SMILES string of the molecule is COc1cccc([C@@H]2OC(c3ccc(OCCCO)cc3)=N[C@]2(CCS(=O)(=O)c2ccccc2)C(=O)NN2CCCCC2)c1. The zero-order valence-corrected chi connectivity index (χ0v) is 25.7. The topological polar surface area (TPSA) is 127 Å². The normalized spacial score (nSPS) is 20.4. The van der Waals surface area contributed by atoms with Gasteiger partial charge in [0.25, 0.3) is 5.91 Å². The fourth-order valence-corrected chi connectivity index (χ4v) is 6.84. The number of rotatable bonds is 13. The molecule has 10 nitrogen and oxygen atoms in total. The van der Waals surface area contributed by atoms with Gasteiger partial charge in [0.05, 0.1) is 24.4 Å². The molecule has 2 N–H and O–H groups in total. The van der Waals surface area contributed by atoms with Crippen molar-refractivity contribution in [3.05, 3.63) is 90.0 Å². The van der Waals surface area contributed by atoms with Crippen LogP contribution in [-0.4, -0.2) is 75.0 Å². The van der Waals surface area contributed by atoms with E-state index in [1.165, 1.54) is 0 Å². The van der Waals surface area contributed by atoms with Gasteiger partial charge in [-0.25, -0.2) is 18.4 Å². The van der Waals surface area contributed by atoms with E-state index in [1.54, 1.807) is 73.8 Å². The van der Waals surface area contributed by atoms with Crippen LogP contribution in [0, 0.1) is 0 Å². The lowest BCUT2D eigenvalue weighted by Gasteiger charge is -2.34. The summed E-state index contributed by atoms with van der Waals surface area (Å²) in [6.07, 6.45) is 2.46. The highest BCUT2D eigenvalue weighted by atomic mass is 32.2. The number of piperidine rings is 1. The quantitative estimate of drug-likeness (QED) is 0.273. The van der Waals surface area contributed by atoms with E-state index in [-0.39, 0.29) is 29.6 Å². The Balaban J connectivity index is 1.55. The first kappa shape index (κ1) is 31.5. The zero-order chi connectivity index (χ0) is 31.0. The Labute approximate surface area is 258 Å². The maximum atomic E-state index is 14.4. The number of methoxy groups -OCH3 is 1. The van der Waals surface area contributed by atoms with Crippen LogP contribution in [0.5, 0.6) is 11.5 Å². The Hall–Kier alpha value is -3.93. The van der Waals surface area contributed by atoms with Crippen molar-refractivity contribution in [1.29, 1.82) is 0 Å². The maximum Gasteiger partial charge on any atom is 0.266 e. The number of amides is 1. The summed E-state index contributed by atoms with van der Waals surface area (Å²) in [5, 5.41) is 10.9. The summed E-state index contributed by atoms with van der Waals surface area (Å²) >= 11 is 0. The van der Waals surface area contributed by atoms with Crippen LogP contribution in [0.4, 0.5) is 0 Å². The lowest BCUT2D eigenvalue weighted by atomic mass is 9.85. The average molecular weight is 622 g/mol. The number of nitrogens with one attached hydrogen (secondary N) is 1. The van der Waals surface area contributed by atoms with Crippen LogP contribution >= 0.6 is 0 Å². The minimum atomic E-state index is -3.75. The number of hydrazine groups is 1. The molecule has 0 bridgehead atoms. The average Bonchev–Trinajstić information content (AvgIpc) is 3.46. The third-order valence-electron chi connectivity index (χ3n) is 7.90. The molecule has 0 radical (unpaired) electrons. The van der Waals surface area contributed by atoms with Gasteiger partial charge in [-0.05, 0) is 66.9 Å². The Morgan fingerprint density at radius 2 is 1.77 bits per heavy atom. The largest absolute Gasteiger partial charge is 0.497 e. The number of aliphatic hydroxyl groups is 1. The molecule has 2 heterocycles. The highest BCUT2D eigenvalue weighted by molar-refractivity contribution is 7.91. The van der Waals surface area contributed by atoms with Crippen molar-refractivity contribution in [3.8, 4) is 11.5 Å². The first-order valence-corrected chi connectivity index (χ1v) is 16.6. The minimum absolute atomic E-state index is 0.0377. The molecule has 2 aliphatic heterocycles. The number of benzene rings is 3. The Morgan fingerprint density at radius 1 is 1.02 bits per heavy atom. The molecule has 0 spiro atoms. The molecular formula is C33H39N3O7S. The number of aliphatic hydroxyl groups excluding tert-OH is 1. The van der Waals surface area contributed by atoms with Gasteiger partial charge in [0.1, 0.15) is 11.5 Å².